The lowest BCUT2D eigenvalue weighted by atomic mass is 9.94. The summed E-state index contributed by atoms with van der Waals surface area (Å²) in [6.07, 6.45) is 0.708. The molecule has 2 aliphatic heterocycles. The second-order valence-electron chi connectivity index (χ2n) is 8.76. The molecule has 4 rings (SSSR count). The zero-order valence-electron chi connectivity index (χ0n) is 20.1. The number of carbonyl (C=O) groups is 2. The topological polar surface area (TPSA) is 79.3 Å². The van der Waals surface area contributed by atoms with E-state index < -0.39 is 17.7 Å². The Hall–Kier alpha value is -2.87. The van der Waals surface area contributed by atoms with E-state index in [2.05, 4.69) is 4.90 Å². The van der Waals surface area contributed by atoms with Crippen LogP contribution in [-0.2, 0) is 14.3 Å². The monoisotopic (exact) mass is 498 g/mol. The fourth-order valence-electron chi connectivity index (χ4n) is 4.70. The van der Waals surface area contributed by atoms with Gasteiger partial charge in [0.05, 0.1) is 31.4 Å². The Kier molecular flexibility index (Phi) is 8.11. The maximum absolute atomic E-state index is 13.2. The third-order valence-electron chi connectivity index (χ3n) is 6.47. The van der Waals surface area contributed by atoms with Gasteiger partial charge in [-0.1, -0.05) is 23.7 Å². The minimum Gasteiger partial charge on any atom is -0.507 e. The predicted octanol–water partition coefficient (Wildman–Crippen LogP) is 4.19. The van der Waals surface area contributed by atoms with Crippen LogP contribution < -0.4 is 4.74 Å². The molecule has 35 heavy (non-hydrogen) atoms. The van der Waals surface area contributed by atoms with Crippen LogP contribution in [0.2, 0.25) is 5.02 Å². The van der Waals surface area contributed by atoms with Gasteiger partial charge < -0.3 is 19.5 Å². The van der Waals surface area contributed by atoms with Crippen LogP contribution in [0.3, 0.4) is 0 Å². The Morgan fingerprint density at radius 2 is 1.83 bits per heavy atom. The first-order valence-electron chi connectivity index (χ1n) is 12.0. The number of aliphatic hydroxyl groups excluding tert-OH is 1. The molecule has 1 amide bonds. The number of hydrogen-bond donors (Lipinski definition) is 1. The Labute approximate surface area is 210 Å². The lowest BCUT2D eigenvalue weighted by Gasteiger charge is -2.29. The van der Waals surface area contributed by atoms with E-state index in [1.54, 1.807) is 41.3 Å². The number of nitrogens with zero attached hydrogens (tertiary/aromatic N) is 2. The van der Waals surface area contributed by atoms with Crippen LogP contribution in [0.4, 0.5) is 0 Å². The summed E-state index contributed by atoms with van der Waals surface area (Å²) >= 11 is 6.10. The highest BCUT2D eigenvalue weighted by Crippen LogP contribution is 2.40. The SMILES string of the molecule is CCOc1ccc(/C(O)=C2\C(=O)C(=O)N(CCCN3CCOCC3)C2c2ccc(Cl)cc2)c(C)c1. The quantitative estimate of drug-likeness (QED) is 0.334. The number of rotatable bonds is 8. The molecule has 0 radical (unpaired) electrons. The molecule has 8 heteroatoms. The largest absolute Gasteiger partial charge is 0.507 e. The molecule has 7 nitrogen and oxygen atoms in total. The minimum atomic E-state index is -0.692. The van der Waals surface area contributed by atoms with Gasteiger partial charge in [-0.2, -0.15) is 0 Å². The molecule has 1 atom stereocenters. The lowest BCUT2D eigenvalue weighted by molar-refractivity contribution is -0.140. The van der Waals surface area contributed by atoms with Crippen molar-refractivity contribution in [3.8, 4) is 5.75 Å². The smallest absolute Gasteiger partial charge is 0.295 e. The summed E-state index contributed by atoms with van der Waals surface area (Å²) in [7, 11) is 0. The number of amides is 1. The Morgan fingerprint density at radius 3 is 2.49 bits per heavy atom. The standard InChI is InChI=1S/C27H31ClN2O5/c1-3-35-21-9-10-22(18(2)17-21)25(31)23-24(19-5-7-20(28)8-6-19)30(27(33)26(23)32)12-4-11-29-13-15-34-16-14-29/h5-10,17,24,31H,3-4,11-16H2,1-2H3/b25-23+. The van der Waals surface area contributed by atoms with Crippen LogP contribution in [0, 0.1) is 6.92 Å². The van der Waals surface area contributed by atoms with E-state index in [9.17, 15) is 14.7 Å². The average molecular weight is 499 g/mol. The van der Waals surface area contributed by atoms with E-state index in [-0.39, 0.29) is 11.3 Å². The molecule has 1 unspecified atom stereocenters. The average Bonchev–Trinajstić information content (AvgIpc) is 3.10. The number of carbonyl (C=O) groups excluding carboxylic acids is 2. The molecule has 0 spiro atoms. The number of likely N-dealkylation sites (tertiary alicyclic amines) is 1. The van der Waals surface area contributed by atoms with Crippen molar-refractivity contribution in [3.05, 3.63) is 69.8 Å². The Balaban J connectivity index is 1.68. The fraction of sp³-hybridized carbons (Fsp3) is 0.407. The molecule has 2 saturated heterocycles. The van der Waals surface area contributed by atoms with Crippen molar-refractivity contribution in [2.24, 2.45) is 0 Å². The predicted molar refractivity (Wildman–Crippen MR) is 135 cm³/mol. The number of Topliss-reactive ketones (excluding diaryl/α,β-unsaturated/α-hetero) is 1. The van der Waals surface area contributed by atoms with Gasteiger partial charge in [-0.15, -0.1) is 0 Å². The third kappa shape index (κ3) is 5.53. The number of benzene rings is 2. The summed E-state index contributed by atoms with van der Waals surface area (Å²) in [5.74, 6) is -0.780. The molecule has 2 aromatic rings. The summed E-state index contributed by atoms with van der Waals surface area (Å²) in [4.78, 5) is 30.3. The molecular formula is C27H31ClN2O5. The Bertz CT molecular complexity index is 1110. The van der Waals surface area contributed by atoms with Crippen molar-refractivity contribution in [1.82, 2.24) is 9.80 Å². The number of halogens is 1. The van der Waals surface area contributed by atoms with E-state index in [1.165, 1.54) is 0 Å². The highest BCUT2D eigenvalue weighted by molar-refractivity contribution is 6.46. The summed E-state index contributed by atoms with van der Waals surface area (Å²) in [5, 5.41) is 11.9. The van der Waals surface area contributed by atoms with Gasteiger partial charge in [0.1, 0.15) is 11.5 Å². The van der Waals surface area contributed by atoms with Crippen LogP contribution >= 0.6 is 11.6 Å². The molecule has 2 aromatic carbocycles. The van der Waals surface area contributed by atoms with E-state index in [4.69, 9.17) is 21.1 Å². The first kappa shape index (κ1) is 25.2. The van der Waals surface area contributed by atoms with Crippen molar-refractivity contribution in [2.75, 3.05) is 46.0 Å². The van der Waals surface area contributed by atoms with Crippen LogP contribution in [0.25, 0.3) is 5.76 Å². The molecule has 0 aliphatic carbocycles. The second kappa shape index (κ2) is 11.2. The molecule has 0 saturated carbocycles. The molecule has 2 aliphatic rings. The van der Waals surface area contributed by atoms with Gasteiger partial charge in [-0.05, 0) is 61.7 Å². The van der Waals surface area contributed by atoms with Crippen LogP contribution in [-0.4, -0.2) is 72.6 Å². The number of aliphatic hydroxyl groups is 1. The van der Waals surface area contributed by atoms with Crippen molar-refractivity contribution in [3.63, 3.8) is 0 Å². The molecule has 0 aromatic heterocycles. The minimum absolute atomic E-state index is 0.0935. The van der Waals surface area contributed by atoms with Crippen molar-refractivity contribution in [2.45, 2.75) is 26.3 Å². The maximum Gasteiger partial charge on any atom is 0.295 e. The number of ketones is 1. The van der Waals surface area contributed by atoms with Crippen molar-refractivity contribution < 1.29 is 24.2 Å². The Morgan fingerprint density at radius 1 is 1.11 bits per heavy atom. The highest BCUT2D eigenvalue weighted by Gasteiger charge is 2.46. The van der Waals surface area contributed by atoms with Gasteiger partial charge in [0, 0.05) is 36.8 Å². The molecule has 0 bridgehead atoms. The molecule has 2 fully saturated rings. The maximum atomic E-state index is 13.2. The van der Waals surface area contributed by atoms with E-state index in [1.807, 2.05) is 19.9 Å². The van der Waals surface area contributed by atoms with Gasteiger partial charge in [0.2, 0.25) is 0 Å². The summed E-state index contributed by atoms with van der Waals surface area (Å²) in [6.45, 7) is 8.59. The van der Waals surface area contributed by atoms with Crippen LogP contribution in [0.5, 0.6) is 5.75 Å². The molecule has 2 heterocycles. The molecule has 1 N–H and O–H groups in total. The van der Waals surface area contributed by atoms with Crippen molar-refractivity contribution >= 4 is 29.1 Å². The fourth-order valence-corrected chi connectivity index (χ4v) is 4.82. The first-order valence-corrected chi connectivity index (χ1v) is 12.4. The summed E-state index contributed by atoms with van der Waals surface area (Å²) in [5.41, 5.74) is 2.07. The number of morpholine rings is 1. The highest BCUT2D eigenvalue weighted by atomic mass is 35.5. The van der Waals surface area contributed by atoms with Gasteiger partial charge in [0.25, 0.3) is 11.7 Å². The first-order chi connectivity index (χ1) is 16.9. The van der Waals surface area contributed by atoms with E-state index >= 15 is 0 Å². The zero-order chi connectivity index (χ0) is 24.9. The summed E-state index contributed by atoms with van der Waals surface area (Å²) < 4.78 is 11.0. The van der Waals surface area contributed by atoms with Gasteiger partial charge in [-0.3, -0.25) is 14.5 Å². The number of aryl methyl sites for hydroxylation is 1. The zero-order valence-corrected chi connectivity index (χ0v) is 20.9. The normalized spacial score (nSPS) is 20.4. The summed E-state index contributed by atoms with van der Waals surface area (Å²) in [6, 6.07) is 11.6. The van der Waals surface area contributed by atoms with Crippen LogP contribution in [0.15, 0.2) is 48.0 Å². The van der Waals surface area contributed by atoms with Gasteiger partial charge in [0.15, 0.2) is 0 Å². The van der Waals surface area contributed by atoms with Gasteiger partial charge >= 0.3 is 0 Å². The van der Waals surface area contributed by atoms with Crippen molar-refractivity contribution in [1.29, 1.82) is 0 Å². The third-order valence-corrected chi connectivity index (χ3v) is 6.72. The van der Waals surface area contributed by atoms with Gasteiger partial charge in [-0.25, -0.2) is 0 Å². The molecule has 186 valence electrons. The second-order valence-corrected chi connectivity index (χ2v) is 9.20. The number of hydrogen-bond acceptors (Lipinski definition) is 6. The van der Waals surface area contributed by atoms with Crippen LogP contribution in [0.1, 0.15) is 36.1 Å². The molecular weight excluding hydrogens is 468 g/mol. The van der Waals surface area contributed by atoms with E-state index in [0.717, 1.165) is 30.8 Å². The lowest BCUT2D eigenvalue weighted by Crippen LogP contribution is -2.38. The van der Waals surface area contributed by atoms with E-state index in [0.29, 0.717) is 49.1 Å². The number of ether oxygens (including phenoxy) is 2.